The molecule has 1 fully saturated rings. The van der Waals surface area contributed by atoms with Crippen molar-refractivity contribution in [3.05, 3.63) is 47.2 Å². The van der Waals surface area contributed by atoms with E-state index in [1.54, 1.807) is 11.0 Å². The first-order valence-corrected chi connectivity index (χ1v) is 10.0. The van der Waals surface area contributed by atoms with E-state index in [2.05, 4.69) is 17.2 Å². The number of amides is 2. The third-order valence-corrected chi connectivity index (χ3v) is 5.59. The minimum atomic E-state index is -0.662. The maximum atomic E-state index is 13.0. The lowest BCUT2D eigenvalue weighted by atomic mass is 9.89. The SMILES string of the molecule is CCc1cc(NC(=O)C(=O)N2C[C@@H](C)CC[C@@H]2c2ccc(N)c(C)c2)cnc1N. The molecule has 1 aromatic heterocycles. The van der Waals surface area contributed by atoms with Crippen molar-refractivity contribution in [1.82, 2.24) is 9.88 Å². The second-order valence-electron chi connectivity index (χ2n) is 7.85. The van der Waals surface area contributed by atoms with Gasteiger partial charge in [-0.05, 0) is 60.9 Å². The van der Waals surface area contributed by atoms with Gasteiger partial charge in [-0.2, -0.15) is 0 Å². The summed E-state index contributed by atoms with van der Waals surface area (Å²) in [6.45, 7) is 6.54. The van der Waals surface area contributed by atoms with Gasteiger partial charge in [0, 0.05) is 12.2 Å². The number of benzene rings is 1. The van der Waals surface area contributed by atoms with Gasteiger partial charge in [-0.25, -0.2) is 4.98 Å². The molecule has 7 nitrogen and oxygen atoms in total. The first kappa shape index (κ1) is 20.6. The highest BCUT2D eigenvalue weighted by Crippen LogP contribution is 2.34. The lowest BCUT2D eigenvalue weighted by Gasteiger charge is -2.38. The van der Waals surface area contributed by atoms with E-state index in [0.29, 0.717) is 30.4 Å². The maximum Gasteiger partial charge on any atom is 0.313 e. The molecule has 7 heteroatoms. The minimum absolute atomic E-state index is 0.139. The van der Waals surface area contributed by atoms with Crippen molar-refractivity contribution in [2.45, 2.75) is 46.1 Å². The zero-order chi connectivity index (χ0) is 21.1. The Hall–Kier alpha value is -3.09. The van der Waals surface area contributed by atoms with Crippen molar-refractivity contribution in [3.8, 4) is 0 Å². The monoisotopic (exact) mass is 395 g/mol. The molecule has 5 N–H and O–H groups in total. The molecule has 154 valence electrons. The fraction of sp³-hybridized carbons (Fsp3) is 0.409. The Morgan fingerprint density at radius 2 is 2.00 bits per heavy atom. The predicted octanol–water partition coefficient (Wildman–Crippen LogP) is 3.06. The molecule has 0 spiro atoms. The molecule has 1 aliphatic heterocycles. The highest BCUT2D eigenvalue weighted by molar-refractivity contribution is 6.39. The van der Waals surface area contributed by atoms with E-state index in [4.69, 9.17) is 11.5 Å². The number of nitrogens with zero attached hydrogens (tertiary/aromatic N) is 2. The number of carbonyl (C=O) groups excluding carboxylic acids is 2. The molecular formula is C22H29N5O2. The maximum absolute atomic E-state index is 13.0. The smallest absolute Gasteiger partial charge is 0.313 e. The van der Waals surface area contributed by atoms with Gasteiger partial charge in [0.15, 0.2) is 0 Å². The molecule has 2 heterocycles. The van der Waals surface area contributed by atoms with Crippen molar-refractivity contribution in [2.75, 3.05) is 23.3 Å². The highest BCUT2D eigenvalue weighted by Gasteiger charge is 2.34. The normalized spacial score (nSPS) is 19.1. The van der Waals surface area contributed by atoms with E-state index < -0.39 is 11.8 Å². The molecule has 0 unspecified atom stereocenters. The van der Waals surface area contributed by atoms with Gasteiger partial charge in [-0.1, -0.05) is 26.0 Å². The van der Waals surface area contributed by atoms with Crippen LogP contribution in [0.5, 0.6) is 0 Å². The summed E-state index contributed by atoms with van der Waals surface area (Å²) < 4.78 is 0. The van der Waals surface area contributed by atoms with Crippen LogP contribution in [0.2, 0.25) is 0 Å². The zero-order valence-electron chi connectivity index (χ0n) is 17.2. The number of rotatable bonds is 3. The number of nitrogens with one attached hydrogen (secondary N) is 1. The number of hydrogen-bond donors (Lipinski definition) is 3. The lowest BCUT2D eigenvalue weighted by molar-refractivity contribution is -0.146. The first-order valence-electron chi connectivity index (χ1n) is 10.0. The number of anilines is 3. The van der Waals surface area contributed by atoms with Crippen LogP contribution in [0.25, 0.3) is 0 Å². The average Bonchev–Trinajstić information content (AvgIpc) is 2.70. The number of aryl methyl sites for hydroxylation is 2. The van der Waals surface area contributed by atoms with Gasteiger partial charge >= 0.3 is 11.8 Å². The van der Waals surface area contributed by atoms with Crippen LogP contribution in [-0.4, -0.2) is 28.2 Å². The fourth-order valence-corrected chi connectivity index (χ4v) is 3.82. The molecule has 0 saturated carbocycles. The Labute approximate surface area is 171 Å². The van der Waals surface area contributed by atoms with Crippen LogP contribution in [0.4, 0.5) is 17.2 Å². The van der Waals surface area contributed by atoms with Crippen LogP contribution in [0, 0.1) is 12.8 Å². The molecule has 3 rings (SSSR count). The molecule has 0 aliphatic carbocycles. The summed E-state index contributed by atoms with van der Waals surface area (Å²) in [5.74, 6) is -0.431. The molecule has 2 aromatic rings. The van der Waals surface area contributed by atoms with Crippen molar-refractivity contribution < 1.29 is 9.59 Å². The molecule has 0 radical (unpaired) electrons. The fourth-order valence-electron chi connectivity index (χ4n) is 3.82. The number of hydrogen-bond acceptors (Lipinski definition) is 5. The molecular weight excluding hydrogens is 366 g/mol. The Morgan fingerprint density at radius 1 is 1.24 bits per heavy atom. The summed E-state index contributed by atoms with van der Waals surface area (Å²) in [6.07, 6.45) is 3.98. The highest BCUT2D eigenvalue weighted by atomic mass is 16.2. The number of likely N-dealkylation sites (tertiary alicyclic amines) is 1. The molecule has 29 heavy (non-hydrogen) atoms. The Morgan fingerprint density at radius 3 is 2.69 bits per heavy atom. The van der Waals surface area contributed by atoms with Crippen LogP contribution in [0.1, 0.15) is 49.4 Å². The van der Waals surface area contributed by atoms with Crippen LogP contribution >= 0.6 is 0 Å². The van der Waals surface area contributed by atoms with Crippen LogP contribution in [0.3, 0.4) is 0 Å². The number of piperidine rings is 1. The molecule has 1 aliphatic rings. The van der Waals surface area contributed by atoms with Crippen molar-refractivity contribution in [3.63, 3.8) is 0 Å². The zero-order valence-corrected chi connectivity index (χ0v) is 17.2. The quantitative estimate of drug-likeness (QED) is 0.546. The van der Waals surface area contributed by atoms with Gasteiger partial charge in [0.25, 0.3) is 0 Å². The summed E-state index contributed by atoms with van der Waals surface area (Å²) >= 11 is 0. The first-order chi connectivity index (χ1) is 13.8. The van der Waals surface area contributed by atoms with E-state index in [1.165, 1.54) is 6.20 Å². The third kappa shape index (κ3) is 4.50. The predicted molar refractivity (Wildman–Crippen MR) is 115 cm³/mol. The van der Waals surface area contributed by atoms with Gasteiger partial charge in [-0.15, -0.1) is 0 Å². The number of nitrogen functional groups attached to an aromatic ring is 2. The number of carbonyl (C=O) groups is 2. The number of nitrogens with two attached hydrogens (primary N) is 2. The van der Waals surface area contributed by atoms with Gasteiger partial charge in [-0.3, -0.25) is 9.59 Å². The summed E-state index contributed by atoms with van der Waals surface area (Å²) in [7, 11) is 0. The van der Waals surface area contributed by atoms with E-state index in [-0.39, 0.29) is 6.04 Å². The van der Waals surface area contributed by atoms with Crippen molar-refractivity contribution >= 4 is 29.0 Å². The Balaban J connectivity index is 1.81. The van der Waals surface area contributed by atoms with E-state index in [9.17, 15) is 9.59 Å². The minimum Gasteiger partial charge on any atom is -0.399 e. The van der Waals surface area contributed by atoms with Crippen molar-refractivity contribution in [2.24, 2.45) is 5.92 Å². The summed E-state index contributed by atoms with van der Waals surface area (Å²) in [5.41, 5.74) is 15.8. The second kappa shape index (κ2) is 8.51. The topological polar surface area (TPSA) is 114 Å². The largest absolute Gasteiger partial charge is 0.399 e. The number of aromatic nitrogens is 1. The van der Waals surface area contributed by atoms with Crippen LogP contribution in [0.15, 0.2) is 30.5 Å². The molecule has 2 amide bonds. The van der Waals surface area contributed by atoms with Gasteiger partial charge in [0.2, 0.25) is 0 Å². The summed E-state index contributed by atoms with van der Waals surface area (Å²) in [5, 5.41) is 2.68. The average molecular weight is 396 g/mol. The van der Waals surface area contributed by atoms with E-state index in [0.717, 1.165) is 35.2 Å². The Bertz CT molecular complexity index is 927. The van der Waals surface area contributed by atoms with E-state index in [1.807, 2.05) is 32.0 Å². The van der Waals surface area contributed by atoms with Gasteiger partial charge < -0.3 is 21.7 Å². The lowest BCUT2D eigenvalue weighted by Crippen LogP contribution is -2.46. The van der Waals surface area contributed by atoms with Crippen LogP contribution < -0.4 is 16.8 Å². The summed E-state index contributed by atoms with van der Waals surface area (Å²) in [6, 6.07) is 7.43. The third-order valence-electron chi connectivity index (χ3n) is 5.59. The molecule has 0 bridgehead atoms. The van der Waals surface area contributed by atoms with Crippen molar-refractivity contribution in [1.29, 1.82) is 0 Å². The van der Waals surface area contributed by atoms with Gasteiger partial charge in [0.05, 0.1) is 17.9 Å². The van der Waals surface area contributed by atoms with Crippen LogP contribution in [-0.2, 0) is 16.0 Å². The molecule has 1 aromatic carbocycles. The number of pyridine rings is 1. The standard InChI is InChI=1S/C22H29N5O2/c1-4-15-10-17(11-25-20(15)24)26-21(28)22(29)27-12-13(2)5-8-19(27)16-6-7-18(23)14(3)9-16/h6-7,9-11,13,19H,4-5,8,12,23H2,1-3H3,(H2,24,25)(H,26,28)/t13-,19+/m0/s1. The van der Waals surface area contributed by atoms with E-state index >= 15 is 0 Å². The van der Waals surface area contributed by atoms with Gasteiger partial charge in [0.1, 0.15) is 5.82 Å². The molecule has 1 saturated heterocycles. The molecule has 2 atom stereocenters. The summed E-state index contributed by atoms with van der Waals surface area (Å²) in [4.78, 5) is 31.5. The Kier molecular flexibility index (Phi) is 6.06. The second-order valence-corrected chi connectivity index (χ2v) is 7.85.